The van der Waals surface area contributed by atoms with E-state index in [1.54, 1.807) is 34.1 Å². The molecule has 172 valence electrons. The van der Waals surface area contributed by atoms with Crippen molar-refractivity contribution < 1.29 is 24.2 Å². The van der Waals surface area contributed by atoms with E-state index in [4.69, 9.17) is 21.0 Å². The minimum Gasteiger partial charge on any atom is -0.481 e. The van der Waals surface area contributed by atoms with E-state index in [1.165, 1.54) is 0 Å². The molecule has 10 heteroatoms. The lowest BCUT2D eigenvalue weighted by Gasteiger charge is -2.47. The first kappa shape index (κ1) is 26.4. The fraction of sp³-hybridized carbons (Fsp3) is 0.524. The largest absolute Gasteiger partial charge is 0.481 e. The van der Waals surface area contributed by atoms with Crippen molar-refractivity contribution in [1.29, 1.82) is 5.41 Å². The predicted octanol–water partition coefficient (Wildman–Crippen LogP) is 1.73. The van der Waals surface area contributed by atoms with Gasteiger partial charge >= 0.3 is 5.97 Å². The molecule has 4 N–H and O–H groups in total. The molecule has 1 spiro atoms. The van der Waals surface area contributed by atoms with Crippen molar-refractivity contribution in [3.8, 4) is 0 Å². The lowest BCUT2D eigenvalue weighted by Crippen LogP contribution is -2.59. The first-order valence-electron chi connectivity index (χ1n) is 9.67. The van der Waals surface area contributed by atoms with Crippen molar-refractivity contribution in [3.05, 3.63) is 35.4 Å². The minimum atomic E-state index is -0.872. The molecule has 9 nitrogen and oxygen atoms in total. The fourth-order valence-corrected chi connectivity index (χ4v) is 3.81. The highest BCUT2D eigenvalue weighted by atomic mass is 35.5. The smallest absolute Gasteiger partial charge is 0.303 e. The molecule has 3 rings (SSSR count). The van der Waals surface area contributed by atoms with E-state index in [0.717, 1.165) is 0 Å². The number of benzene rings is 1. The third-order valence-electron chi connectivity index (χ3n) is 5.56. The van der Waals surface area contributed by atoms with Crippen molar-refractivity contribution in [2.75, 3.05) is 32.8 Å². The summed E-state index contributed by atoms with van der Waals surface area (Å²) in [6, 6.07) is 6.66. The molecule has 2 aliphatic heterocycles. The van der Waals surface area contributed by atoms with Crippen LogP contribution in [0.3, 0.4) is 0 Å². The van der Waals surface area contributed by atoms with Crippen LogP contribution in [-0.2, 0) is 14.3 Å². The second kappa shape index (κ2) is 11.1. The Labute approximate surface area is 188 Å². The number of ether oxygens (including phenoxy) is 1. The number of hydrogen-bond acceptors (Lipinski definition) is 5. The lowest BCUT2D eigenvalue weighted by molar-refractivity contribution is -0.170. The number of nitrogen functional groups attached to an aromatic ring is 1. The summed E-state index contributed by atoms with van der Waals surface area (Å²) in [5.74, 6) is -1.12. The van der Waals surface area contributed by atoms with Gasteiger partial charge in [-0.1, -0.05) is 19.6 Å². The number of carboxylic acid groups (broad SMARTS) is 1. The SMILES string of the molecule is C.Cl.N=C(N)c1ccc(C(=O)N2CCC3(CC2)CN(CCCC(=O)O)C(=O)CO3)cc1. The van der Waals surface area contributed by atoms with E-state index < -0.39 is 11.6 Å². The van der Waals surface area contributed by atoms with Gasteiger partial charge in [0.05, 0.1) is 5.60 Å². The summed E-state index contributed by atoms with van der Waals surface area (Å²) in [4.78, 5) is 39.0. The number of rotatable bonds is 6. The fourth-order valence-electron chi connectivity index (χ4n) is 3.81. The average molecular weight is 455 g/mol. The zero-order valence-corrected chi connectivity index (χ0v) is 17.5. The van der Waals surface area contributed by atoms with E-state index in [9.17, 15) is 14.4 Å². The summed E-state index contributed by atoms with van der Waals surface area (Å²) in [5.41, 5.74) is 6.08. The molecule has 1 aromatic carbocycles. The van der Waals surface area contributed by atoms with E-state index in [-0.39, 0.29) is 50.5 Å². The molecule has 2 heterocycles. The molecule has 0 aromatic heterocycles. The topological polar surface area (TPSA) is 137 Å². The summed E-state index contributed by atoms with van der Waals surface area (Å²) < 4.78 is 5.87. The van der Waals surface area contributed by atoms with Gasteiger partial charge in [0.15, 0.2) is 0 Å². The number of hydrogen-bond donors (Lipinski definition) is 3. The lowest BCUT2D eigenvalue weighted by atomic mass is 9.88. The summed E-state index contributed by atoms with van der Waals surface area (Å²) in [6.45, 7) is 1.87. The highest BCUT2D eigenvalue weighted by Gasteiger charge is 2.42. The van der Waals surface area contributed by atoms with Crippen LogP contribution in [-0.4, -0.2) is 76.9 Å². The molecule has 0 bridgehead atoms. The van der Waals surface area contributed by atoms with Crippen molar-refractivity contribution in [1.82, 2.24) is 9.80 Å². The number of likely N-dealkylation sites (tertiary alicyclic amines) is 1. The number of piperidine rings is 1. The molecule has 2 aliphatic rings. The third kappa shape index (κ3) is 6.41. The van der Waals surface area contributed by atoms with Crippen LogP contribution in [0, 0.1) is 5.41 Å². The summed E-state index contributed by atoms with van der Waals surface area (Å²) in [6.07, 6.45) is 1.68. The number of aliphatic carboxylic acids is 1. The van der Waals surface area contributed by atoms with Crippen LogP contribution in [0.25, 0.3) is 0 Å². The predicted molar refractivity (Wildman–Crippen MR) is 119 cm³/mol. The number of nitrogens with two attached hydrogens (primary N) is 1. The Bertz CT molecular complexity index is 806. The number of carbonyl (C=O) groups excluding carboxylic acids is 2. The van der Waals surface area contributed by atoms with E-state index in [1.807, 2.05) is 0 Å². The van der Waals surface area contributed by atoms with Gasteiger partial charge in [-0.3, -0.25) is 19.8 Å². The number of halogens is 1. The average Bonchev–Trinajstić information content (AvgIpc) is 2.71. The molecule has 0 saturated carbocycles. The van der Waals surface area contributed by atoms with Gasteiger partial charge in [-0.05, 0) is 31.4 Å². The van der Waals surface area contributed by atoms with Crippen molar-refractivity contribution >= 4 is 36.0 Å². The monoisotopic (exact) mass is 454 g/mol. The number of nitrogens with one attached hydrogen (secondary N) is 1. The first-order valence-corrected chi connectivity index (χ1v) is 9.67. The van der Waals surface area contributed by atoms with Crippen molar-refractivity contribution in [3.63, 3.8) is 0 Å². The van der Waals surface area contributed by atoms with Gasteiger partial charge in [-0.2, -0.15) is 0 Å². The van der Waals surface area contributed by atoms with Crippen LogP contribution in [0.1, 0.15) is 49.0 Å². The van der Waals surface area contributed by atoms with E-state index in [2.05, 4.69) is 0 Å². The third-order valence-corrected chi connectivity index (χ3v) is 5.56. The van der Waals surface area contributed by atoms with Crippen molar-refractivity contribution in [2.24, 2.45) is 5.73 Å². The number of morpholine rings is 1. The van der Waals surface area contributed by atoms with Crippen LogP contribution in [0.4, 0.5) is 0 Å². The Hall–Kier alpha value is -2.65. The molecule has 1 aromatic rings. The zero-order chi connectivity index (χ0) is 21.0. The Morgan fingerprint density at radius 2 is 1.74 bits per heavy atom. The highest BCUT2D eigenvalue weighted by Crippen LogP contribution is 2.31. The van der Waals surface area contributed by atoms with Gasteiger partial charge in [0, 0.05) is 43.7 Å². The van der Waals surface area contributed by atoms with Gasteiger partial charge in [0.2, 0.25) is 5.91 Å². The van der Waals surface area contributed by atoms with Crippen LogP contribution in [0.2, 0.25) is 0 Å². The van der Waals surface area contributed by atoms with E-state index in [0.29, 0.717) is 56.6 Å². The Kier molecular flexibility index (Phi) is 9.45. The molecular formula is C21H31ClN4O5. The Balaban J connectivity index is 0.00000240. The maximum absolute atomic E-state index is 12.8. The second-order valence-corrected chi connectivity index (χ2v) is 7.57. The molecule has 2 fully saturated rings. The zero-order valence-electron chi connectivity index (χ0n) is 16.6. The van der Waals surface area contributed by atoms with Crippen LogP contribution >= 0.6 is 12.4 Å². The molecular weight excluding hydrogens is 424 g/mol. The summed E-state index contributed by atoms with van der Waals surface area (Å²) >= 11 is 0. The van der Waals surface area contributed by atoms with Gasteiger partial charge in [0.1, 0.15) is 12.4 Å². The molecule has 31 heavy (non-hydrogen) atoms. The minimum absolute atomic E-state index is 0. The number of carboxylic acids is 1. The van der Waals surface area contributed by atoms with Gasteiger partial charge in [-0.25, -0.2) is 0 Å². The quantitative estimate of drug-likeness (QED) is 0.442. The number of amidine groups is 1. The molecule has 0 unspecified atom stereocenters. The molecule has 0 aliphatic carbocycles. The van der Waals surface area contributed by atoms with Crippen LogP contribution < -0.4 is 5.73 Å². The molecule has 2 saturated heterocycles. The van der Waals surface area contributed by atoms with Crippen molar-refractivity contribution in [2.45, 2.75) is 38.7 Å². The van der Waals surface area contributed by atoms with Gasteiger partial charge < -0.3 is 25.4 Å². The Morgan fingerprint density at radius 3 is 2.29 bits per heavy atom. The van der Waals surface area contributed by atoms with Gasteiger partial charge in [0.25, 0.3) is 5.91 Å². The van der Waals surface area contributed by atoms with Crippen LogP contribution in [0.5, 0.6) is 0 Å². The first-order chi connectivity index (χ1) is 13.8. The normalized spacial score (nSPS) is 17.5. The van der Waals surface area contributed by atoms with E-state index >= 15 is 0 Å². The highest BCUT2D eigenvalue weighted by molar-refractivity contribution is 5.98. The molecule has 2 amide bonds. The molecule has 0 radical (unpaired) electrons. The summed E-state index contributed by atoms with van der Waals surface area (Å²) in [7, 11) is 0. The number of nitrogens with zero attached hydrogens (tertiary/aromatic N) is 2. The maximum atomic E-state index is 12.8. The number of carbonyl (C=O) groups is 3. The van der Waals surface area contributed by atoms with Crippen LogP contribution in [0.15, 0.2) is 24.3 Å². The number of amides is 2. The second-order valence-electron chi connectivity index (χ2n) is 7.57. The Morgan fingerprint density at radius 1 is 1.16 bits per heavy atom. The maximum Gasteiger partial charge on any atom is 0.303 e. The standard InChI is InChI=1S/C20H26N4O5.CH4.ClH/c21-18(22)14-3-5-15(6-4-14)19(28)23-10-7-20(8-11-23)13-24(16(25)12-29-20)9-1-2-17(26)27;;/h3-6H,1-2,7-13H2,(H3,21,22)(H,26,27);1H4;1H. The van der Waals surface area contributed by atoms with Gasteiger partial charge in [-0.15, -0.1) is 12.4 Å². The molecule has 0 atom stereocenters. The summed E-state index contributed by atoms with van der Waals surface area (Å²) in [5, 5.41) is 16.2.